The van der Waals surface area contributed by atoms with Gasteiger partial charge in [0.1, 0.15) is 5.94 Å². The summed E-state index contributed by atoms with van der Waals surface area (Å²) in [5, 5.41) is 18.6. The van der Waals surface area contributed by atoms with E-state index in [2.05, 4.69) is 27.9 Å². The number of nitrogens with zero attached hydrogens (tertiary/aromatic N) is 2. The van der Waals surface area contributed by atoms with Crippen LogP contribution in [0.4, 0.5) is 4.79 Å². The van der Waals surface area contributed by atoms with Gasteiger partial charge in [0.25, 0.3) is 5.24 Å². The summed E-state index contributed by atoms with van der Waals surface area (Å²) in [7, 11) is -1.01. The average molecular weight is 730 g/mol. The van der Waals surface area contributed by atoms with Gasteiger partial charge in [-0.15, -0.1) is 106 Å². The standard InChI is InChI=1S/C16H31N3O5S12/c20-6-28-7-24-23-1-17-3-26-8-29-10-30-9-27-4-19-16(21)35-14-33-12-31-11-32-13-34-15-36(22)5-18-2-25/h1,5,20,25H,2-4,6-15H2,(H,19,21)/b17-1+,18-5-. The Labute approximate surface area is 264 Å². The number of aliphatic hydroxyl groups is 1. The quantitative estimate of drug-likeness (QED) is 0.0171. The van der Waals surface area contributed by atoms with E-state index >= 15 is 0 Å². The first-order valence-electron chi connectivity index (χ1n) is 9.66. The number of carbonyl (C=O) groups is 1. The lowest BCUT2D eigenvalue weighted by Crippen LogP contribution is -2.17. The molecular formula is C16H31N3O5S12. The third-order valence-corrected chi connectivity index (χ3v) is 15.5. The van der Waals surface area contributed by atoms with Crippen LogP contribution in [0.15, 0.2) is 9.98 Å². The largest absolute Gasteiger partial charge is 0.386 e. The molecule has 0 aliphatic heterocycles. The van der Waals surface area contributed by atoms with Crippen LogP contribution >= 0.6 is 130 Å². The fraction of sp³-hybridized carbons (Fsp3) is 0.812. The number of rotatable bonds is 27. The van der Waals surface area contributed by atoms with Crippen molar-refractivity contribution in [2.24, 2.45) is 9.98 Å². The van der Waals surface area contributed by atoms with E-state index in [-0.39, 0.29) is 17.1 Å². The summed E-state index contributed by atoms with van der Waals surface area (Å²) in [6.07, 6.45) is 1.27. The first-order chi connectivity index (χ1) is 17.7. The smallest absolute Gasteiger partial charge is 0.280 e. The van der Waals surface area contributed by atoms with Gasteiger partial charge >= 0.3 is 0 Å². The Kier molecular flexibility index (Phi) is 36.1. The number of thioether (sulfide) groups is 10. The van der Waals surface area contributed by atoms with Crippen LogP contribution in [0.25, 0.3) is 0 Å². The number of nitrogens with one attached hydrogen (secondary N) is 1. The van der Waals surface area contributed by atoms with Gasteiger partial charge in [-0.1, -0.05) is 11.8 Å². The molecule has 0 aromatic carbocycles. The molecule has 0 saturated heterocycles. The van der Waals surface area contributed by atoms with Crippen molar-refractivity contribution in [2.45, 2.75) is 0 Å². The molecule has 0 aliphatic carbocycles. The number of hydrogen-bond acceptors (Lipinski definition) is 18. The van der Waals surface area contributed by atoms with Crippen molar-refractivity contribution >= 4 is 158 Å². The molecule has 0 aromatic rings. The van der Waals surface area contributed by atoms with Crippen LogP contribution in [0.1, 0.15) is 0 Å². The summed E-state index contributed by atoms with van der Waals surface area (Å²) in [6, 6.07) is 0. The van der Waals surface area contributed by atoms with Crippen molar-refractivity contribution in [3.05, 3.63) is 0 Å². The van der Waals surface area contributed by atoms with E-state index < -0.39 is 10.8 Å². The topological polar surface area (TPSA) is 110 Å². The van der Waals surface area contributed by atoms with Crippen molar-refractivity contribution in [3.8, 4) is 0 Å². The summed E-state index contributed by atoms with van der Waals surface area (Å²) in [6.45, 7) is 0. The van der Waals surface area contributed by atoms with E-state index in [9.17, 15) is 9.00 Å². The normalized spacial score (nSPS) is 12.5. The number of aliphatic imine (C=N–C) groups is 2. The maximum Gasteiger partial charge on any atom is 0.280 e. The highest BCUT2D eigenvalue weighted by molar-refractivity contribution is 8.30. The Hall–Kier alpha value is 2.53. The first kappa shape index (κ1) is 38.5. The van der Waals surface area contributed by atoms with Gasteiger partial charge in [-0.2, -0.15) is 17.5 Å². The average Bonchev–Trinajstić information content (AvgIpc) is 2.88. The Morgan fingerprint density at radius 2 is 1.53 bits per heavy atom. The van der Waals surface area contributed by atoms with Gasteiger partial charge in [-0.3, -0.25) is 14.0 Å². The Balaban J connectivity index is 3.25. The molecule has 0 radical (unpaired) electrons. The fourth-order valence-corrected chi connectivity index (χ4v) is 13.1. The number of carbonyl (C=O) groups excluding carboxylic acids is 1. The molecule has 0 spiro atoms. The molecular weight excluding hydrogens is 699 g/mol. The SMILES string of the molecule is O=C(NCSCSCSCSC/N=C/OOCSCO)SCSCSCSCSCS(=O)/C=N\CS. The number of hydrogen-bond donors (Lipinski definition) is 3. The molecule has 20 heteroatoms. The summed E-state index contributed by atoms with van der Waals surface area (Å²) < 4.78 is 11.5. The van der Waals surface area contributed by atoms with Crippen molar-refractivity contribution in [1.29, 1.82) is 0 Å². The maximum absolute atomic E-state index is 11.8. The summed E-state index contributed by atoms with van der Waals surface area (Å²) >= 11 is 20.6. The van der Waals surface area contributed by atoms with Gasteiger partial charge in [0.15, 0.2) is 0 Å². The predicted molar refractivity (Wildman–Crippen MR) is 186 cm³/mol. The second kappa shape index (κ2) is 33.7. The third-order valence-electron chi connectivity index (χ3n) is 2.64. The van der Waals surface area contributed by atoms with Gasteiger partial charge in [0.05, 0.1) is 45.0 Å². The van der Waals surface area contributed by atoms with Crippen LogP contribution in [0, 0.1) is 0 Å². The number of thiol groups is 1. The lowest BCUT2D eigenvalue weighted by molar-refractivity contribution is -0.196. The Morgan fingerprint density at radius 3 is 2.22 bits per heavy atom. The zero-order valence-electron chi connectivity index (χ0n) is 19.3. The van der Waals surface area contributed by atoms with Gasteiger partial charge in [-0.25, -0.2) is 4.99 Å². The monoisotopic (exact) mass is 729 g/mol. The zero-order valence-corrected chi connectivity index (χ0v) is 29.1. The van der Waals surface area contributed by atoms with E-state index in [0.717, 1.165) is 35.6 Å². The summed E-state index contributed by atoms with van der Waals surface area (Å²) in [5.74, 6) is 1.88. The molecule has 0 heterocycles. The summed E-state index contributed by atoms with van der Waals surface area (Å²) in [4.78, 5) is 29.2. The molecule has 0 saturated carbocycles. The molecule has 8 nitrogen and oxygen atoms in total. The fourth-order valence-electron chi connectivity index (χ4n) is 1.36. The van der Waals surface area contributed by atoms with Crippen LogP contribution in [0.5, 0.6) is 0 Å². The second-order valence-corrected chi connectivity index (χ2v) is 19.4. The van der Waals surface area contributed by atoms with Gasteiger partial charge in [-0.05, 0) is 0 Å². The zero-order chi connectivity index (χ0) is 26.4. The molecule has 1 atom stereocenters. The van der Waals surface area contributed by atoms with Crippen LogP contribution in [-0.2, 0) is 20.6 Å². The Bertz CT molecular complexity index is 583. The molecule has 212 valence electrons. The number of aliphatic hydroxyl groups excluding tert-OH is 1. The van der Waals surface area contributed by atoms with E-state index in [1.54, 1.807) is 47.0 Å². The molecule has 0 rings (SSSR count). The first-order valence-corrected chi connectivity index (χ1v) is 23.1. The minimum absolute atomic E-state index is 0.000147. The third kappa shape index (κ3) is 32.7. The van der Waals surface area contributed by atoms with E-state index in [1.807, 2.05) is 47.0 Å². The van der Waals surface area contributed by atoms with Crippen molar-refractivity contribution < 1.29 is 23.9 Å². The molecule has 1 unspecified atom stereocenters. The highest BCUT2D eigenvalue weighted by Crippen LogP contribution is 2.24. The van der Waals surface area contributed by atoms with Crippen LogP contribution < -0.4 is 5.32 Å². The molecule has 2 N–H and O–H groups in total. The summed E-state index contributed by atoms with van der Waals surface area (Å²) in [5.41, 5.74) is 1.46. The van der Waals surface area contributed by atoms with Crippen molar-refractivity contribution in [1.82, 2.24) is 5.32 Å². The lowest BCUT2D eigenvalue weighted by Gasteiger charge is -2.05. The van der Waals surface area contributed by atoms with E-state index in [4.69, 9.17) is 14.9 Å². The van der Waals surface area contributed by atoms with Crippen LogP contribution in [0.3, 0.4) is 0 Å². The molecule has 0 aromatic heterocycles. The van der Waals surface area contributed by atoms with Gasteiger partial charge < -0.3 is 15.3 Å². The predicted octanol–water partition coefficient (Wildman–Crippen LogP) is 6.15. The number of amides is 1. The van der Waals surface area contributed by atoms with Gasteiger partial charge in [0, 0.05) is 35.6 Å². The van der Waals surface area contributed by atoms with Crippen molar-refractivity contribution in [3.63, 3.8) is 0 Å². The maximum atomic E-state index is 11.8. The molecule has 36 heavy (non-hydrogen) atoms. The van der Waals surface area contributed by atoms with E-state index in [0.29, 0.717) is 22.7 Å². The minimum atomic E-state index is -1.01. The second-order valence-electron chi connectivity index (χ2n) is 5.22. The molecule has 0 aliphatic rings. The lowest BCUT2D eigenvalue weighted by atomic mass is 11.2. The molecule has 0 bridgehead atoms. The van der Waals surface area contributed by atoms with Crippen molar-refractivity contribution in [2.75, 3.05) is 70.2 Å². The molecule has 0 fully saturated rings. The minimum Gasteiger partial charge on any atom is -0.386 e. The van der Waals surface area contributed by atoms with E-state index in [1.165, 1.54) is 35.5 Å². The Morgan fingerprint density at radius 1 is 0.889 bits per heavy atom. The van der Waals surface area contributed by atoms with Gasteiger partial charge in [0.2, 0.25) is 6.40 Å². The highest BCUT2D eigenvalue weighted by Gasteiger charge is 2.02. The van der Waals surface area contributed by atoms with Crippen LogP contribution in [-0.4, -0.2) is 96.7 Å². The molecule has 1 amide bonds. The van der Waals surface area contributed by atoms with Crippen LogP contribution in [0.2, 0.25) is 0 Å². The highest BCUT2D eigenvalue weighted by atomic mass is 32.3.